The average Bonchev–Trinajstić information content (AvgIpc) is 3.38. The summed E-state index contributed by atoms with van der Waals surface area (Å²) in [5.41, 5.74) is 0. The molecule has 0 saturated carbocycles. The predicted molar refractivity (Wildman–Crippen MR) is 316 cm³/mol. The number of esters is 2. The molecule has 0 saturated heterocycles. The van der Waals surface area contributed by atoms with Crippen molar-refractivity contribution in [3.63, 3.8) is 0 Å². The molecule has 0 aliphatic rings. The second-order valence-electron chi connectivity index (χ2n) is 19.9. The van der Waals surface area contributed by atoms with Crippen LogP contribution < -0.4 is 0 Å². The lowest BCUT2D eigenvalue weighted by molar-refractivity contribution is -0.163. The van der Waals surface area contributed by atoms with Crippen LogP contribution in [0.5, 0.6) is 0 Å². The van der Waals surface area contributed by atoms with Crippen molar-refractivity contribution in [1.29, 1.82) is 0 Å². The average molecular weight is 1000 g/mol. The van der Waals surface area contributed by atoms with Gasteiger partial charge < -0.3 is 14.2 Å². The van der Waals surface area contributed by atoms with Crippen molar-refractivity contribution in [2.45, 2.75) is 284 Å². The van der Waals surface area contributed by atoms with E-state index in [-0.39, 0.29) is 25.2 Å². The zero-order valence-corrected chi connectivity index (χ0v) is 47.4. The minimum Gasteiger partial charge on any atom is -0.462 e. The van der Waals surface area contributed by atoms with Gasteiger partial charge in [-0.15, -0.1) is 0 Å². The molecular formula is C67H114O5. The SMILES string of the molecule is CC/C=C\C/C=C\C/C=C\C/C=C\C/C=C\CCCCCC(=O)OCC(COCCCCCCCCCCCC/C=C\C/C=C\CCCCC)OC(=O)CCCCCCCCC/C=C\C/C=C\CCCCC. The summed E-state index contributed by atoms with van der Waals surface area (Å²) in [7, 11) is 0. The van der Waals surface area contributed by atoms with Gasteiger partial charge in [0, 0.05) is 19.4 Å². The van der Waals surface area contributed by atoms with E-state index < -0.39 is 6.10 Å². The number of ether oxygens (including phenoxy) is 3. The van der Waals surface area contributed by atoms with Crippen molar-refractivity contribution in [3.8, 4) is 0 Å². The first-order valence-corrected chi connectivity index (χ1v) is 30.4. The molecule has 0 aromatic carbocycles. The molecule has 0 spiro atoms. The molecule has 0 radical (unpaired) electrons. The number of allylic oxidation sites excluding steroid dienone is 18. The third kappa shape index (κ3) is 59.1. The van der Waals surface area contributed by atoms with E-state index in [1.807, 2.05) is 0 Å². The monoisotopic (exact) mass is 999 g/mol. The molecule has 0 fully saturated rings. The van der Waals surface area contributed by atoms with Crippen molar-refractivity contribution < 1.29 is 23.8 Å². The summed E-state index contributed by atoms with van der Waals surface area (Å²) in [6.45, 7) is 7.63. The number of carbonyl (C=O) groups is 2. The van der Waals surface area contributed by atoms with Crippen LogP contribution in [0.2, 0.25) is 0 Å². The Morgan fingerprint density at radius 2 is 0.625 bits per heavy atom. The molecule has 5 nitrogen and oxygen atoms in total. The summed E-state index contributed by atoms with van der Waals surface area (Å²) in [5.74, 6) is -0.443. The molecule has 0 N–H and O–H groups in total. The second kappa shape index (κ2) is 61.9. The zero-order valence-electron chi connectivity index (χ0n) is 47.4. The Morgan fingerprint density at radius 3 is 1.01 bits per heavy atom. The van der Waals surface area contributed by atoms with E-state index in [1.54, 1.807) is 0 Å². The maximum atomic E-state index is 12.9. The van der Waals surface area contributed by atoms with E-state index in [0.717, 1.165) is 103 Å². The molecule has 0 bridgehead atoms. The molecule has 0 aromatic heterocycles. The number of rotatable bonds is 55. The van der Waals surface area contributed by atoms with Gasteiger partial charge in [0.15, 0.2) is 6.10 Å². The Bertz CT molecular complexity index is 1410. The van der Waals surface area contributed by atoms with Gasteiger partial charge in [0.05, 0.1) is 6.61 Å². The van der Waals surface area contributed by atoms with Gasteiger partial charge in [0.2, 0.25) is 0 Å². The van der Waals surface area contributed by atoms with Crippen molar-refractivity contribution in [3.05, 3.63) is 109 Å². The summed E-state index contributed by atoms with van der Waals surface area (Å²) in [4.78, 5) is 25.6. The van der Waals surface area contributed by atoms with Crippen LogP contribution in [0.1, 0.15) is 278 Å². The molecule has 1 atom stereocenters. The van der Waals surface area contributed by atoms with Crippen LogP contribution >= 0.6 is 0 Å². The molecule has 0 amide bonds. The van der Waals surface area contributed by atoms with Crippen LogP contribution in [0.15, 0.2) is 109 Å². The topological polar surface area (TPSA) is 61.8 Å². The Kier molecular flexibility index (Phi) is 58.9. The summed E-state index contributed by atoms with van der Waals surface area (Å²) >= 11 is 0. The Labute approximate surface area is 446 Å². The van der Waals surface area contributed by atoms with E-state index in [4.69, 9.17) is 14.2 Å². The van der Waals surface area contributed by atoms with E-state index in [1.165, 1.54) is 141 Å². The summed E-state index contributed by atoms with van der Waals surface area (Å²) in [5, 5.41) is 0. The fraction of sp³-hybridized carbons (Fsp3) is 0.701. The maximum Gasteiger partial charge on any atom is 0.306 e. The Balaban J connectivity index is 4.37. The minimum atomic E-state index is -0.564. The van der Waals surface area contributed by atoms with E-state index in [2.05, 4.69) is 130 Å². The van der Waals surface area contributed by atoms with Crippen LogP contribution in [0.4, 0.5) is 0 Å². The largest absolute Gasteiger partial charge is 0.462 e. The van der Waals surface area contributed by atoms with Gasteiger partial charge in [-0.25, -0.2) is 0 Å². The second-order valence-corrected chi connectivity index (χ2v) is 19.9. The normalized spacial score (nSPS) is 13.0. The van der Waals surface area contributed by atoms with Crippen LogP contribution in [-0.4, -0.2) is 37.9 Å². The first-order valence-electron chi connectivity index (χ1n) is 30.4. The Hall–Kier alpha value is -3.44. The maximum absolute atomic E-state index is 12.9. The highest BCUT2D eigenvalue weighted by Gasteiger charge is 2.17. The molecule has 0 aliphatic carbocycles. The summed E-state index contributed by atoms with van der Waals surface area (Å²) in [6.07, 6.45) is 85.4. The van der Waals surface area contributed by atoms with Gasteiger partial charge in [-0.2, -0.15) is 0 Å². The van der Waals surface area contributed by atoms with Gasteiger partial charge in [0.25, 0.3) is 0 Å². The zero-order chi connectivity index (χ0) is 52.0. The number of carbonyl (C=O) groups excluding carboxylic acids is 2. The fourth-order valence-corrected chi connectivity index (χ4v) is 8.24. The first-order chi connectivity index (χ1) is 35.6. The molecule has 0 rings (SSSR count). The van der Waals surface area contributed by atoms with Gasteiger partial charge in [-0.3, -0.25) is 9.59 Å². The van der Waals surface area contributed by atoms with Gasteiger partial charge in [0.1, 0.15) is 6.61 Å². The molecular weight excluding hydrogens is 885 g/mol. The third-order valence-corrected chi connectivity index (χ3v) is 12.8. The molecule has 1 unspecified atom stereocenters. The van der Waals surface area contributed by atoms with E-state index >= 15 is 0 Å². The van der Waals surface area contributed by atoms with Gasteiger partial charge in [-0.1, -0.05) is 246 Å². The number of hydrogen-bond donors (Lipinski definition) is 0. The molecule has 0 aromatic rings. The summed E-state index contributed by atoms with van der Waals surface area (Å²) in [6, 6.07) is 0. The van der Waals surface area contributed by atoms with Crippen molar-refractivity contribution in [2.75, 3.05) is 19.8 Å². The van der Waals surface area contributed by atoms with E-state index in [9.17, 15) is 9.59 Å². The first kappa shape index (κ1) is 68.6. The third-order valence-electron chi connectivity index (χ3n) is 12.8. The van der Waals surface area contributed by atoms with Gasteiger partial charge >= 0.3 is 11.9 Å². The highest BCUT2D eigenvalue weighted by Crippen LogP contribution is 2.14. The van der Waals surface area contributed by atoms with E-state index in [0.29, 0.717) is 19.4 Å². The molecule has 412 valence electrons. The highest BCUT2D eigenvalue weighted by molar-refractivity contribution is 5.70. The molecule has 0 aliphatic heterocycles. The summed E-state index contributed by atoms with van der Waals surface area (Å²) < 4.78 is 17.5. The van der Waals surface area contributed by atoms with Crippen molar-refractivity contribution in [1.82, 2.24) is 0 Å². The lowest BCUT2D eigenvalue weighted by atomic mass is 10.1. The minimum absolute atomic E-state index is 0.0586. The molecule has 5 heteroatoms. The molecule has 72 heavy (non-hydrogen) atoms. The van der Waals surface area contributed by atoms with Crippen LogP contribution in [-0.2, 0) is 23.8 Å². The molecule has 0 heterocycles. The van der Waals surface area contributed by atoms with Crippen molar-refractivity contribution >= 4 is 11.9 Å². The number of hydrogen-bond acceptors (Lipinski definition) is 5. The lowest BCUT2D eigenvalue weighted by Gasteiger charge is -2.18. The highest BCUT2D eigenvalue weighted by atomic mass is 16.6. The lowest BCUT2D eigenvalue weighted by Crippen LogP contribution is -2.30. The predicted octanol–water partition coefficient (Wildman–Crippen LogP) is 21.1. The smallest absolute Gasteiger partial charge is 0.306 e. The van der Waals surface area contributed by atoms with Gasteiger partial charge in [-0.05, 0) is 128 Å². The fourth-order valence-electron chi connectivity index (χ4n) is 8.24. The van der Waals surface area contributed by atoms with Crippen molar-refractivity contribution in [2.24, 2.45) is 0 Å². The number of unbranched alkanes of at least 4 members (excludes halogenated alkanes) is 26. The van der Waals surface area contributed by atoms with Crippen LogP contribution in [0.3, 0.4) is 0 Å². The Morgan fingerprint density at radius 1 is 0.319 bits per heavy atom. The van der Waals surface area contributed by atoms with Crippen LogP contribution in [0, 0.1) is 0 Å². The quantitative estimate of drug-likeness (QED) is 0.0345. The van der Waals surface area contributed by atoms with Crippen LogP contribution in [0.25, 0.3) is 0 Å². The standard InChI is InChI=1S/C67H114O5/c1-4-7-10-13-16-19-22-25-28-31-33-35-38-41-44-47-50-53-56-59-62-70-63-65(72-67(69)61-58-55-52-49-46-43-40-36-30-27-24-21-18-15-12-9-6-3)64-71-66(68)60-57-54-51-48-45-42-39-37-34-32-29-26-23-20-17-14-11-8-5-2/h8,11,16-21,25-30,34,37,42,45,65H,4-7,9-10,12-15,22-24,31-33,35-36,38-41,43-44,46-64H2,1-3H3/b11-8-,19-16-,20-17-,21-18-,28-25-,29-26-,30-27-,37-34-,45-42-.